The monoisotopic (exact) mass is 266 g/mol. The van der Waals surface area contributed by atoms with E-state index in [1.165, 1.54) is 0 Å². The predicted octanol–water partition coefficient (Wildman–Crippen LogP) is 1.59. The highest BCUT2D eigenvalue weighted by Crippen LogP contribution is 2.02. The Morgan fingerprint density at radius 3 is 2.33 bits per heavy atom. The molecule has 0 saturated heterocycles. The minimum Gasteiger partial charge on any atom is -0.350 e. The standard InChI is InChI=1S/C13H15ClN2O2/c1-9-3-5-11(6-4-9)13(18)16-8-12(17)15-7-10(2)14/h3-6H,2,7-8H2,1H3,(H,15,17)(H,16,18). The van der Waals surface area contributed by atoms with Gasteiger partial charge in [-0.1, -0.05) is 35.9 Å². The molecule has 18 heavy (non-hydrogen) atoms. The van der Waals surface area contributed by atoms with Crippen molar-refractivity contribution in [2.75, 3.05) is 13.1 Å². The van der Waals surface area contributed by atoms with Crippen LogP contribution in [-0.2, 0) is 4.79 Å². The Kier molecular flexibility index (Phi) is 5.39. The minimum atomic E-state index is -0.308. The van der Waals surface area contributed by atoms with Gasteiger partial charge >= 0.3 is 0 Å². The minimum absolute atomic E-state index is 0.0864. The lowest BCUT2D eigenvalue weighted by Gasteiger charge is -2.06. The van der Waals surface area contributed by atoms with Crippen LogP contribution in [0.5, 0.6) is 0 Å². The van der Waals surface area contributed by atoms with E-state index in [1.807, 2.05) is 19.1 Å². The van der Waals surface area contributed by atoms with E-state index >= 15 is 0 Å². The van der Waals surface area contributed by atoms with E-state index in [2.05, 4.69) is 17.2 Å². The molecule has 0 atom stereocenters. The Morgan fingerprint density at radius 2 is 1.78 bits per heavy atom. The summed E-state index contributed by atoms with van der Waals surface area (Å²) in [6.45, 7) is 5.49. The van der Waals surface area contributed by atoms with Gasteiger partial charge in [-0.15, -0.1) is 0 Å². The number of aryl methyl sites for hydroxylation is 1. The number of nitrogens with one attached hydrogen (secondary N) is 2. The van der Waals surface area contributed by atoms with Crippen LogP contribution in [0, 0.1) is 6.92 Å². The van der Waals surface area contributed by atoms with Gasteiger partial charge in [0.25, 0.3) is 5.91 Å². The molecule has 0 radical (unpaired) electrons. The predicted molar refractivity (Wildman–Crippen MR) is 71.5 cm³/mol. The van der Waals surface area contributed by atoms with E-state index in [4.69, 9.17) is 11.6 Å². The first kappa shape index (κ1) is 14.3. The third kappa shape index (κ3) is 5.01. The van der Waals surface area contributed by atoms with Crippen molar-refractivity contribution in [3.63, 3.8) is 0 Å². The number of rotatable bonds is 5. The van der Waals surface area contributed by atoms with Crippen molar-refractivity contribution in [2.45, 2.75) is 6.92 Å². The number of amides is 2. The molecule has 0 saturated carbocycles. The molecule has 96 valence electrons. The summed E-state index contributed by atoms with van der Waals surface area (Å²) in [7, 11) is 0. The van der Waals surface area contributed by atoms with Gasteiger partial charge in [-0.05, 0) is 19.1 Å². The highest BCUT2D eigenvalue weighted by Gasteiger charge is 2.07. The number of hydrogen-bond donors (Lipinski definition) is 2. The van der Waals surface area contributed by atoms with Gasteiger partial charge in [0.05, 0.1) is 13.1 Å². The Morgan fingerprint density at radius 1 is 1.17 bits per heavy atom. The number of hydrogen-bond acceptors (Lipinski definition) is 2. The topological polar surface area (TPSA) is 58.2 Å². The first-order valence-corrected chi connectivity index (χ1v) is 5.81. The zero-order chi connectivity index (χ0) is 13.5. The largest absolute Gasteiger partial charge is 0.350 e. The van der Waals surface area contributed by atoms with Gasteiger partial charge < -0.3 is 10.6 Å². The van der Waals surface area contributed by atoms with Crippen molar-refractivity contribution in [1.82, 2.24) is 10.6 Å². The van der Waals surface area contributed by atoms with Crippen LogP contribution < -0.4 is 10.6 Å². The maximum absolute atomic E-state index is 11.7. The zero-order valence-electron chi connectivity index (χ0n) is 10.1. The molecular formula is C13H15ClN2O2. The molecule has 0 aliphatic heterocycles. The van der Waals surface area contributed by atoms with Gasteiger partial charge in [0.1, 0.15) is 0 Å². The lowest BCUT2D eigenvalue weighted by molar-refractivity contribution is -0.119. The molecule has 2 amide bonds. The second-order valence-electron chi connectivity index (χ2n) is 3.84. The summed E-state index contributed by atoms with van der Waals surface area (Å²) in [6, 6.07) is 7.10. The summed E-state index contributed by atoms with van der Waals surface area (Å²) >= 11 is 5.50. The molecular weight excluding hydrogens is 252 g/mol. The first-order valence-electron chi connectivity index (χ1n) is 5.44. The van der Waals surface area contributed by atoms with Crippen LogP contribution in [-0.4, -0.2) is 24.9 Å². The maximum atomic E-state index is 11.7. The molecule has 0 heterocycles. The lowest BCUT2D eigenvalue weighted by Crippen LogP contribution is -2.37. The van der Waals surface area contributed by atoms with Gasteiger partial charge in [0, 0.05) is 10.6 Å². The fourth-order valence-electron chi connectivity index (χ4n) is 1.22. The van der Waals surface area contributed by atoms with E-state index in [0.717, 1.165) is 5.56 Å². The Labute approximate surface area is 111 Å². The van der Waals surface area contributed by atoms with Crippen molar-refractivity contribution in [3.8, 4) is 0 Å². The third-order valence-electron chi connectivity index (χ3n) is 2.20. The van der Waals surface area contributed by atoms with Crippen LogP contribution in [0.25, 0.3) is 0 Å². The molecule has 0 aliphatic carbocycles. The summed E-state index contributed by atoms with van der Waals surface area (Å²) in [4.78, 5) is 23.0. The van der Waals surface area contributed by atoms with E-state index in [1.54, 1.807) is 12.1 Å². The quantitative estimate of drug-likeness (QED) is 0.850. The smallest absolute Gasteiger partial charge is 0.251 e. The second-order valence-corrected chi connectivity index (χ2v) is 4.38. The van der Waals surface area contributed by atoms with Gasteiger partial charge in [-0.2, -0.15) is 0 Å². The number of carbonyl (C=O) groups excluding carboxylic acids is 2. The fraction of sp³-hybridized carbons (Fsp3) is 0.231. The average Bonchev–Trinajstić information content (AvgIpc) is 2.34. The number of benzene rings is 1. The molecule has 0 fully saturated rings. The van der Waals surface area contributed by atoms with Gasteiger partial charge in [0.15, 0.2) is 0 Å². The molecule has 1 aromatic rings. The summed E-state index contributed by atoms with van der Waals surface area (Å²) in [6.07, 6.45) is 0. The lowest BCUT2D eigenvalue weighted by atomic mass is 10.1. The van der Waals surface area contributed by atoms with E-state index in [0.29, 0.717) is 10.6 Å². The van der Waals surface area contributed by atoms with Crippen molar-refractivity contribution >= 4 is 23.4 Å². The second kappa shape index (κ2) is 6.81. The molecule has 0 unspecified atom stereocenters. The molecule has 1 rings (SSSR count). The van der Waals surface area contributed by atoms with Crippen LogP contribution in [0.2, 0.25) is 0 Å². The van der Waals surface area contributed by atoms with Gasteiger partial charge in [-0.25, -0.2) is 0 Å². The Hall–Kier alpha value is -1.81. The maximum Gasteiger partial charge on any atom is 0.251 e. The van der Waals surface area contributed by atoms with Crippen molar-refractivity contribution in [3.05, 3.63) is 47.0 Å². The molecule has 1 aromatic carbocycles. The highest BCUT2D eigenvalue weighted by molar-refractivity contribution is 6.29. The molecule has 0 aliphatic rings. The van der Waals surface area contributed by atoms with E-state index in [9.17, 15) is 9.59 Å². The zero-order valence-corrected chi connectivity index (χ0v) is 10.9. The van der Waals surface area contributed by atoms with E-state index < -0.39 is 0 Å². The SMILES string of the molecule is C=C(Cl)CNC(=O)CNC(=O)c1ccc(C)cc1. The van der Waals surface area contributed by atoms with Crippen molar-refractivity contribution in [2.24, 2.45) is 0 Å². The fourth-order valence-corrected chi connectivity index (χ4v) is 1.29. The van der Waals surface area contributed by atoms with E-state index in [-0.39, 0.29) is 24.9 Å². The number of halogens is 1. The molecule has 0 bridgehead atoms. The van der Waals surface area contributed by atoms with Gasteiger partial charge in [-0.3, -0.25) is 9.59 Å². The summed E-state index contributed by atoms with van der Waals surface area (Å²) < 4.78 is 0. The Balaban J connectivity index is 2.39. The molecule has 4 nitrogen and oxygen atoms in total. The molecule has 0 aromatic heterocycles. The molecule has 5 heteroatoms. The first-order chi connectivity index (χ1) is 8.49. The average molecular weight is 267 g/mol. The van der Waals surface area contributed by atoms with Gasteiger partial charge in [0.2, 0.25) is 5.91 Å². The Bertz CT molecular complexity index is 455. The summed E-state index contributed by atoms with van der Waals surface area (Å²) in [5.74, 6) is -0.591. The number of carbonyl (C=O) groups is 2. The van der Waals surface area contributed by atoms with Crippen LogP contribution >= 0.6 is 11.6 Å². The van der Waals surface area contributed by atoms with Crippen molar-refractivity contribution in [1.29, 1.82) is 0 Å². The summed E-state index contributed by atoms with van der Waals surface area (Å²) in [5.41, 5.74) is 1.60. The van der Waals surface area contributed by atoms with Crippen LogP contribution in [0.4, 0.5) is 0 Å². The van der Waals surface area contributed by atoms with Crippen LogP contribution in [0.3, 0.4) is 0 Å². The molecule has 2 N–H and O–H groups in total. The highest BCUT2D eigenvalue weighted by atomic mass is 35.5. The van der Waals surface area contributed by atoms with Crippen LogP contribution in [0.1, 0.15) is 15.9 Å². The summed E-state index contributed by atoms with van der Waals surface area (Å²) in [5, 5.41) is 5.37. The van der Waals surface area contributed by atoms with Crippen LogP contribution in [0.15, 0.2) is 35.9 Å². The molecule has 0 spiro atoms. The third-order valence-corrected chi connectivity index (χ3v) is 2.33. The normalized spacial score (nSPS) is 9.67. The van der Waals surface area contributed by atoms with Crippen molar-refractivity contribution < 1.29 is 9.59 Å².